The molecule has 1 aromatic rings. The van der Waals surface area contributed by atoms with Gasteiger partial charge in [0.05, 0.1) is 0 Å². The van der Waals surface area contributed by atoms with Crippen LogP contribution in [0.4, 0.5) is 0 Å². The fraction of sp³-hybridized carbons (Fsp3) is 0.533. The standard InChI is InChI=1S/C15H22N2O/c16-11-5-10-15(18)17-14-9-4-8-13(14)12-6-2-1-3-7-12/h1-3,6-7,13-14H,4-5,8-11,16H2,(H,17,18). The van der Waals surface area contributed by atoms with Crippen LogP contribution < -0.4 is 11.1 Å². The molecule has 1 saturated carbocycles. The van der Waals surface area contributed by atoms with E-state index in [2.05, 4.69) is 29.6 Å². The molecule has 0 heterocycles. The molecule has 0 radical (unpaired) electrons. The van der Waals surface area contributed by atoms with Gasteiger partial charge in [-0.1, -0.05) is 36.8 Å². The molecule has 1 amide bonds. The Morgan fingerprint density at radius 3 is 2.78 bits per heavy atom. The van der Waals surface area contributed by atoms with E-state index >= 15 is 0 Å². The lowest BCUT2D eigenvalue weighted by atomic mass is 9.94. The molecule has 0 spiro atoms. The lowest BCUT2D eigenvalue weighted by Crippen LogP contribution is -2.36. The fourth-order valence-electron chi connectivity index (χ4n) is 2.77. The quantitative estimate of drug-likeness (QED) is 0.836. The van der Waals surface area contributed by atoms with Crippen LogP contribution in [0.5, 0.6) is 0 Å². The van der Waals surface area contributed by atoms with Crippen LogP contribution in [0.3, 0.4) is 0 Å². The molecule has 3 heteroatoms. The normalized spacial score (nSPS) is 22.9. The monoisotopic (exact) mass is 246 g/mol. The van der Waals surface area contributed by atoms with Crippen molar-refractivity contribution in [3.8, 4) is 0 Å². The minimum atomic E-state index is 0.147. The van der Waals surface area contributed by atoms with Crippen LogP contribution in [0.25, 0.3) is 0 Å². The van der Waals surface area contributed by atoms with Crippen molar-refractivity contribution in [2.75, 3.05) is 6.54 Å². The molecule has 0 bridgehead atoms. The van der Waals surface area contributed by atoms with E-state index in [1.54, 1.807) is 0 Å². The molecule has 18 heavy (non-hydrogen) atoms. The van der Waals surface area contributed by atoms with E-state index in [1.165, 1.54) is 18.4 Å². The second kappa shape index (κ2) is 6.55. The summed E-state index contributed by atoms with van der Waals surface area (Å²) in [6.07, 6.45) is 4.78. The van der Waals surface area contributed by atoms with Crippen molar-refractivity contribution >= 4 is 5.91 Å². The number of nitrogens with one attached hydrogen (secondary N) is 1. The Balaban J connectivity index is 1.94. The van der Waals surface area contributed by atoms with Gasteiger partial charge in [-0.05, 0) is 31.4 Å². The zero-order valence-corrected chi connectivity index (χ0v) is 10.8. The van der Waals surface area contributed by atoms with Gasteiger partial charge < -0.3 is 11.1 Å². The van der Waals surface area contributed by atoms with E-state index in [0.29, 0.717) is 24.9 Å². The maximum absolute atomic E-state index is 11.8. The molecule has 1 fully saturated rings. The highest BCUT2D eigenvalue weighted by Gasteiger charge is 2.29. The Labute approximate surface area is 109 Å². The lowest BCUT2D eigenvalue weighted by Gasteiger charge is -2.21. The Hall–Kier alpha value is -1.35. The number of carbonyl (C=O) groups excluding carboxylic acids is 1. The SMILES string of the molecule is NCCCC(=O)NC1CCCC1c1ccccc1. The highest BCUT2D eigenvalue weighted by molar-refractivity contribution is 5.76. The molecule has 1 aliphatic carbocycles. The van der Waals surface area contributed by atoms with Crippen molar-refractivity contribution in [3.05, 3.63) is 35.9 Å². The van der Waals surface area contributed by atoms with Crippen LogP contribution in [0, 0.1) is 0 Å². The van der Waals surface area contributed by atoms with Gasteiger partial charge in [0, 0.05) is 18.4 Å². The van der Waals surface area contributed by atoms with Gasteiger partial charge in [-0.3, -0.25) is 4.79 Å². The summed E-state index contributed by atoms with van der Waals surface area (Å²) >= 11 is 0. The van der Waals surface area contributed by atoms with Crippen LogP contribution in [0.15, 0.2) is 30.3 Å². The van der Waals surface area contributed by atoms with E-state index in [9.17, 15) is 4.79 Å². The van der Waals surface area contributed by atoms with E-state index in [-0.39, 0.29) is 5.91 Å². The van der Waals surface area contributed by atoms with Gasteiger partial charge in [0.2, 0.25) is 5.91 Å². The first-order valence-corrected chi connectivity index (χ1v) is 6.85. The van der Waals surface area contributed by atoms with Crippen molar-refractivity contribution in [1.29, 1.82) is 0 Å². The fourth-order valence-corrected chi connectivity index (χ4v) is 2.77. The largest absolute Gasteiger partial charge is 0.353 e. The van der Waals surface area contributed by atoms with Crippen molar-refractivity contribution < 1.29 is 4.79 Å². The topological polar surface area (TPSA) is 55.1 Å². The van der Waals surface area contributed by atoms with Crippen molar-refractivity contribution in [2.24, 2.45) is 5.73 Å². The molecule has 2 atom stereocenters. The number of amides is 1. The molecular weight excluding hydrogens is 224 g/mol. The third-order valence-corrected chi connectivity index (χ3v) is 3.70. The molecule has 0 aromatic heterocycles. The maximum Gasteiger partial charge on any atom is 0.220 e. The predicted molar refractivity (Wildman–Crippen MR) is 73.3 cm³/mol. The molecule has 0 saturated heterocycles. The van der Waals surface area contributed by atoms with Crippen molar-refractivity contribution in [2.45, 2.75) is 44.1 Å². The summed E-state index contributed by atoms with van der Waals surface area (Å²) in [5, 5.41) is 3.17. The minimum Gasteiger partial charge on any atom is -0.353 e. The smallest absolute Gasteiger partial charge is 0.220 e. The predicted octanol–water partition coefficient (Wildman–Crippen LogP) is 2.18. The van der Waals surface area contributed by atoms with Gasteiger partial charge in [-0.2, -0.15) is 0 Å². The van der Waals surface area contributed by atoms with Crippen LogP contribution >= 0.6 is 0 Å². The first-order chi connectivity index (χ1) is 8.81. The third kappa shape index (κ3) is 3.33. The zero-order valence-electron chi connectivity index (χ0n) is 10.8. The van der Waals surface area contributed by atoms with E-state index in [4.69, 9.17) is 5.73 Å². The zero-order chi connectivity index (χ0) is 12.8. The van der Waals surface area contributed by atoms with Gasteiger partial charge in [0.15, 0.2) is 0 Å². The molecule has 3 nitrogen and oxygen atoms in total. The van der Waals surface area contributed by atoms with Crippen LogP contribution in [-0.2, 0) is 4.79 Å². The minimum absolute atomic E-state index is 0.147. The number of benzene rings is 1. The molecule has 2 rings (SSSR count). The highest BCUT2D eigenvalue weighted by Crippen LogP contribution is 2.34. The number of nitrogens with two attached hydrogens (primary N) is 1. The van der Waals surface area contributed by atoms with E-state index < -0.39 is 0 Å². The van der Waals surface area contributed by atoms with Crippen molar-refractivity contribution in [3.63, 3.8) is 0 Å². The summed E-state index contributed by atoms with van der Waals surface area (Å²) in [5.74, 6) is 0.626. The molecule has 3 N–H and O–H groups in total. The Kier molecular flexibility index (Phi) is 4.76. The summed E-state index contributed by atoms with van der Waals surface area (Å²) in [6.45, 7) is 0.584. The van der Waals surface area contributed by atoms with Gasteiger partial charge in [-0.25, -0.2) is 0 Å². The van der Waals surface area contributed by atoms with Crippen LogP contribution in [-0.4, -0.2) is 18.5 Å². The van der Waals surface area contributed by atoms with E-state index in [0.717, 1.165) is 12.8 Å². The second-order valence-corrected chi connectivity index (χ2v) is 5.01. The Morgan fingerprint density at radius 1 is 1.28 bits per heavy atom. The van der Waals surface area contributed by atoms with Crippen LogP contribution in [0.2, 0.25) is 0 Å². The number of hydrogen-bond donors (Lipinski definition) is 2. The molecule has 98 valence electrons. The van der Waals surface area contributed by atoms with Gasteiger partial charge in [0.25, 0.3) is 0 Å². The summed E-state index contributed by atoms with van der Waals surface area (Å²) in [7, 11) is 0. The Morgan fingerprint density at radius 2 is 2.06 bits per heavy atom. The second-order valence-electron chi connectivity index (χ2n) is 5.01. The number of carbonyl (C=O) groups is 1. The first kappa shape index (κ1) is 13.1. The summed E-state index contributed by atoms with van der Waals surface area (Å²) in [4.78, 5) is 11.8. The average Bonchev–Trinajstić information content (AvgIpc) is 2.85. The molecule has 0 aliphatic heterocycles. The Bertz CT molecular complexity index is 377. The van der Waals surface area contributed by atoms with Gasteiger partial charge in [0.1, 0.15) is 0 Å². The number of hydrogen-bond acceptors (Lipinski definition) is 2. The van der Waals surface area contributed by atoms with Gasteiger partial charge >= 0.3 is 0 Å². The first-order valence-electron chi connectivity index (χ1n) is 6.85. The third-order valence-electron chi connectivity index (χ3n) is 3.70. The highest BCUT2D eigenvalue weighted by atomic mass is 16.1. The summed E-state index contributed by atoms with van der Waals surface area (Å²) < 4.78 is 0. The van der Waals surface area contributed by atoms with Crippen molar-refractivity contribution in [1.82, 2.24) is 5.32 Å². The molecule has 1 aromatic carbocycles. The molecular formula is C15H22N2O. The van der Waals surface area contributed by atoms with Crippen LogP contribution in [0.1, 0.15) is 43.6 Å². The lowest BCUT2D eigenvalue weighted by molar-refractivity contribution is -0.121. The molecule has 2 unspecified atom stereocenters. The molecule has 1 aliphatic rings. The van der Waals surface area contributed by atoms with Gasteiger partial charge in [-0.15, -0.1) is 0 Å². The average molecular weight is 246 g/mol. The summed E-state index contributed by atoms with van der Waals surface area (Å²) in [5.41, 5.74) is 6.77. The number of rotatable bonds is 5. The van der Waals surface area contributed by atoms with E-state index in [1.807, 2.05) is 6.07 Å². The maximum atomic E-state index is 11.8. The summed E-state index contributed by atoms with van der Waals surface area (Å²) in [6, 6.07) is 10.8.